The largest absolute Gasteiger partial charge is 0.481 e. The van der Waals surface area contributed by atoms with E-state index in [1.165, 1.54) is 5.56 Å². The van der Waals surface area contributed by atoms with E-state index < -0.39 is 11.9 Å². The average molecular weight is 282 g/mol. The van der Waals surface area contributed by atoms with Crippen molar-refractivity contribution in [3.8, 4) is 11.5 Å². The number of ether oxygens (including phenoxy) is 1. The lowest BCUT2D eigenvalue weighted by atomic mass is 9.93. The fourth-order valence-electron chi connectivity index (χ4n) is 2.86. The van der Waals surface area contributed by atoms with E-state index in [0.717, 1.165) is 35.5 Å². The molecule has 3 nitrogen and oxygen atoms in total. The van der Waals surface area contributed by atoms with E-state index in [4.69, 9.17) is 4.74 Å². The molecule has 1 atom stereocenters. The lowest BCUT2D eigenvalue weighted by Crippen LogP contribution is -2.10. The van der Waals surface area contributed by atoms with Crippen molar-refractivity contribution in [2.24, 2.45) is 0 Å². The molecule has 3 rings (SSSR count). The third kappa shape index (κ3) is 2.64. The molecule has 1 N–H and O–H groups in total. The van der Waals surface area contributed by atoms with Crippen LogP contribution in [0.4, 0.5) is 0 Å². The molecule has 0 fully saturated rings. The smallest absolute Gasteiger partial charge is 0.310 e. The van der Waals surface area contributed by atoms with Gasteiger partial charge < -0.3 is 9.84 Å². The predicted molar refractivity (Wildman–Crippen MR) is 81.0 cm³/mol. The molecule has 1 aliphatic heterocycles. The van der Waals surface area contributed by atoms with Crippen molar-refractivity contribution < 1.29 is 14.6 Å². The quantitative estimate of drug-likeness (QED) is 0.919. The van der Waals surface area contributed by atoms with Gasteiger partial charge in [-0.15, -0.1) is 0 Å². The van der Waals surface area contributed by atoms with E-state index in [2.05, 4.69) is 6.07 Å². The van der Waals surface area contributed by atoms with Gasteiger partial charge in [-0.1, -0.05) is 37.3 Å². The number of aryl methyl sites for hydroxylation is 2. The molecule has 0 saturated heterocycles. The fraction of sp³-hybridized carbons (Fsp3) is 0.278. The second-order valence-corrected chi connectivity index (χ2v) is 5.38. The molecule has 1 aliphatic rings. The van der Waals surface area contributed by atoms with Gasteiger partial charge in [0.2, 0.25) is 0 Å². The lowest BCUT2D eigenvalue weighted by Gasteiger charge is -2.14. The molecule has 2 aromatic carbocycles. The van der Waals surface area contributed by atoms with Crippen molar-refractivity contribution in [3.05, 3.63) is 59.2 Å². The molecule has 0 amide bonds. The number of fused-ring (bicyclic) bond motifs is 2. The van der Waals surface area contributed by atoms with E-state index in [1.807, 2.05) is 43.3 Å². The van der Waals surface area contributed by atoms with Crippen molar-refractivity contribution in [1.29, 1.82) is 0 Å². The van der Waals surface area contributed by atoms with E-state index in [9.17, 15) is 9.90 Å². The third-order valence-corrected chi connectivity index (χ3v) is 4.05. The highest BCUT2D eigenvalue weighted by Crippen LogP contribution is 2.35. The molecule has 1 heterocycles. The number of carboxylic acid groups (broad SMARTS) is 1. The van der Waals surface area contributed by atoms with Crippen LogP contribution in [-0.2, 0) is 17.6 Å². The second kappa shape index (κ2) is 5.60. The van der Waals surface area contributed by atoms with Crippen LogP contribution in [0.3, 0.4) is 0 Å². The zero-order valence-electron chi connectivity index (χ0n) is 12.0. The minimum atomic E-state index is -0.768. The van der Waals surface area contributed by atoms with Crippen molar-refractivity contribution in [3.63, 3.8) is 0 Å². The second-order valence-electron chi connectivity index (χ2n) is 5.38. The van der Waals surface area contributed by atoms with Gasteiger partial charge in [-0.2, -0.15) is 0 Å². The molecule has 0 saturated carbocycles. The molecule has 3 heteroatoms. The minimum absolute atomic E-state index is 0.444. The topological polar surface area (TPSA) is 46.5 Å². The van der Waals surface area contributed by atoms with Crippen LogP contribution in [0.1, 0.15) is 36.0 Å². The molecular weight excluding hydrogens is 264 g/mol. The molecule has 0 spiro atoms. The first kappa shape index (κ1) is 13.7. The van der Waals surface area contributed by atoms with E-state index in [-0.39, 0.29) is 0 Å². The Hall–Kier alpha value is -2.29. The third-order valence-electron chi connectivity index (χ3n) is 4.05. The van der Waals surface area contributed by atoms with Gasteiger partial charge in [-0.25, -0.2) is 0 Å². The number of hydrogen-bond donors (Lipinski definition) is 1. The number of benzene rings is 2. The highest BCUT2D eigenvalue weighted by atomic mass is 16.5. The van der Waals surface area contributed by atoms with Crippen LogP contribution < -0.4 is 4.74 Å². The van der Waals surface area contributed by atoms with E-state index in [1.54, 1.807) is 0 Å². The molecular formula is C18H18O3. The number of rotatable bonds is 3. The van der Waals surface area contributed by atoms with Crippen LogP contribution in [0.2, 0.25) is 0 Å². The van der Waals surface area contributed by atoms with E-state index in [0.29, 0.717) is 6.42 Å². The zero-order valence-corrected chi connectivity index (χ0v) is 12.0. The maximum Gasteiger partial charge on any atom is 0.310 e. The number of hydrogen-bond acceptors (Lipinski definition) is 2. The Morgan fingerprint density at radius 2 is 1.86 bits per heavy atom. The number of carboxylic acids is 1. The Balaban J connectivity index is 1.96. The van der Waals surface area contributed by atoms with Crippen molar-refractivity contribution in [1.82, 2.24) is 0 Å². The average Bonchev–Trinajstić information content (AvgIpc) is 2.66. The van der Waals surface area contributed by atoms with Crippen LogP contribution in [0.5, 0.6) is 11.5 Å². The monoisotopic (exact) mass is 282 g/mol. The fourth-order valence-corrected chi connectivity index (χ4v) is 2.86. The van der Waals surface area contributed by atoms with Gasteiger partial charge in [0.05, 0.1) is 5.92 Å². The van der Waals surface area contributed by atoms with Crippen LogP contribution in [0.15, 0.2) is 42.5 Å². The molecule has 0 bridgehead atoms. The Morgan fingerprint density at radius 1 is 1.14 bits per heavy atom. The summed E-state index contributed by atoms with van der Waals surface area (Å²) in [5, 5.41) is 9.30. The molecule has 0 radical (unpaired) electrons. The first-order valence-corrected chi connectivity index (χ1v) is 7.30. The normalized spacial score (nSPS) is 14.3. The van der Waals surface area contributed by atoms with E-state index >= 15 is 0 Å². The van der Waals surface area contributed by atoms with Crippen LogP contribution >= 0.6 is 0 Å². The minimum Gasteiger partial charge on any atom is -0.481 e. The van der Waals surface area contributed by atoms with Crippen molar-refractivity contribution >= 4 is 5.97 Å². The Bertz CT molecular complexity index is 676. The number of carbonyl (C=O) groups is 1. The van der Waals surface area contributed by atoms with Crippen molar-refractivity contribution in [2.75, 3.05) is 0 Å². The van der Waals surface area contributed by atoms with Gasteiger partial charge in [-0.3, -0.25) is 4.79 Å². The Kier molecular flexibility index (Phi) is 3.65. The first-order chi connectivity index (χ1) is 10.2. The standard InChI is InChI=1S/C18H18O3/c1-2-15(18(19)20)13-9-10-17-14(11-13)8-7-12-5-3-4-6-16(12)21-17/h3-6,9-11,15H,2,7-8H2,1H3,(H,19,20). The van der Waals surface area contributed by atoms with Gasteiger partial charge in [0.25, 0.3) is 0 Å². The van der Waals surface area contributed by atoms with Crippen molar-refractivity contribution in [2.45, 2.75) is 32.1 Å². The molecule has 1 unspecified atom stereocenters. The summed E-state index contributed by atoms with van der Waals surface area (Å²) in [7, 11) is 0. The summed E-state index contributed by atoms with van der Waals surface area (Å²) in [6, 6.07) is 13.8. The number of para-hydroxylation sites is 1. The summed E-state index contributed by atoms with van der Waals surface area (Å²) in [5.41, 5.74) is 3.14. The Labute approximate surface area is 124 Å². The predicted octanol–water partition coefficient (Wildman–Crippen LogP) is 4.16. The number of aliphatic carboxylic acids is 1. The summed E-state index contributed by atoms with van der Waals surface area (Å²) < 4.78 is 5.98. The summed E-state index contributed by atoms with van der Waals surface area (Å²) in [5.74, 6) is 0.523. The zero-order chi connectivity index (χ0) is 14.8. The molecule has 2 aromatic rings. The highest BCUT2D eigenvalue weighted by molar-refractivity contribution is 5.76. The van der Waals surface area contributed by atoms with Crippen LogP contribution in [0, 0.1) is 0 Å². The molecule has 108 valence electrons. The molecule has 0 aromatic heterocycles. The maximum atomic E-state index is 11.3. The van der Waals surface area contributed by atoms with Crippen LogP contribution in [0.25, 0.3) is 0 Å². The van der Waals surface area contributed by atoms with Gasteiger partial charge in [0.1, 0.15) is 11.5 Å². The summed E-state index contributed by atoms with van der Waals surface area (Å²) >= 11 is 0. The van der Waals surface area contributed by atoms with Gasteiger partial charge in [-0.05, 0) is 48.1 Å². The maximum absolute atomic E-state index is 11.3. The molecule has 0 aliphatic carbocycles. The summed E-state index contributed by atoms with van der Waals surface area (Å²) in [4.78, 5) is 11.3. The summed E-state index contributed by atoms with van der Waals surface area (Å²) in [6.45, 7) is 1.90. The van der Waals surface area contributed by atoms with Gasteiger partial charge in [0, 0.05) is 0 Å². The first-order valence-electron chi connectivity index (χ1n) is 7.30. The highest BCUT2D eigenvalue weighted by Gasteiger charge is 2.20. The van der Waals surface area contributed by atoms with Gasteiger partial charge in [0.15, 0.2) is 0 Å². The van der Waals surface area contributed by atoms with Crippen LogP contribution in [-0.4, -0.2) is 11.1 Å². The summed E-state index contributed by atoms with van der Waals surface area (Å²) in [6.07, 6.45) is 2.38. The SMILES string of the molecule is CCC(C(=O)O)c1ccc2c(c1)CCc1ccccc1O2. The Morgan fingerprint density at radius 3 is 2.62 bits per heavy atom. The molecule has 21 heavy (non-hydrogen) atoms. The van der Waals surface area contributed by atoms with Gasteiger partial charge >= 0.3 is 5.97 Å². The lowest BCUT2D eigenvalue weighted by molar-refractivity contribution is -0.138.